The normalized spacial score (nSPS) is 11.7. The number of rotatable bonds is 8. The first-order valence-corrected chi connectivity index (χ1v) is 28.9. The Balaban J connectivity index is 0.000000176. The van der Waals surface area contributed by atoms with Crippen molar-refractivity contribution in [1.29, 1.82) is 0 Å². The molecular formula is C70H70BBrCl2N6O2. The molecule has 416 valence electrons. The summed E-state index contributed by atoms with van der Waals surface area (Å²) in [5.41, 5.74) is 13.1. The van der Waals surface area contributed by atoms with E-state index in [1.807, 2.05) is 164 Å². The molecule has 10 aromatic rings. The van der Waals surface area contributed by atoms with E-state index in [-0.39, 0.29) is 21.7 Å². The van der Waals surface area contributed by atoms with Gasteiger partial charge in [-0.05, 0) is 96.9 Å². The smallest absolute Gasteiger partial charge is 0.423 e. The van der Waals surface area contributed by atoms with E-state index in [9.17, 15) is 10.0 Å². The molecule has 8 nitrogen and oxygen atoms in total. The van der Waals surface area contributed by atoms with E-state index in [4.69, 9.17) is 38.2 Å². The lowest BCUT2D eigenvalue weighted by Gasteiger charge is -2.26. The standard InChI is InChI=1S/C35H34ClN3.C21H13BrClN3.C14H23BO2/c1-34(2,3)28-18-26(19-29(22-28)35(4,5)6)25-17-27(21-30(36)20-25)33-38-31(23-13-9-7-10-14-23)37-32(39-33)24-15-11-8-12-16-24;22-17-11-16(12-18(23)13-17)21-25-19(14-7-3-1-4-8-14)24-20(26-21)15-9-5-2-6-10-15;1-13(2,3)10-7-11(14(4,5)6)9-12(8-10)15(16)17/h7-22H,1-6H3;1-13H;7-9,16-17H,1-6H3. The maximum absolute atomic E-state index is 9.36. The zero-order valence-corrected chi connectivity index (χ0v) is 51.9. The van der Waals surface area contributed by atoms with Crippen LogP contribution < -0.4 is 5.46 Å². The van der Waals surface area contributed by atoms with Crippen molar-refractivity contribution in [3.8, 4) is 79.5 Å². The van der Waals surface area contributed by atoms with Gasteiger partial charge in [0, 0.05) is 47.9 Å². The summed E-state index contributed by atoms with van der Waals surface area (Å²) in [6, 6.07) is 64.3. The van der Waals surface area contributed by atoms with Crippen LogP contribution in [0.5, 0.6) is 0 Å². The van der Waals surface area contributed by atoms with Gasteiger partial charge in [-0.25, -0.2) is 29.9 Å². The summed E-state index contributed by atoms with van der Waals surface area (Å²) < 4.78 is 0.878. The average Bonchev–Trinajstić information content (AvgIpc) is 3.47. The highest BCUT2D eigenvalue weighted by Crippen LogP contribution is 2.38. The van der Waals surface area contributed by atoms with Crippen LogP contribution in [0.3, 0.4) is 0 Å². The summed E-state index contributed by atoms with van der Waals surface area (Å²) in [6.07, 6.45) is 0. The van der Waals surface area contributed by atoms with Gasteiger partial charge in [-0.2, -0.15) is 0 Å². The Morgan fingerprint density at radius 1 is 0.305 bits per heavy atom. The quantitative estimate of drug-likeness (QED) is 0.145. The monoisotopic (exact) mass is 1190 g/mol. The molecule has 0 saturated heterocycles. The zero-order chi connectivity index (χ0) is 59.1. The fourth-order valence-electron chi connectivity index (χ4n) is 8.77. The summed E-state index contributed by atoms with van der Waals surface area (Å²) in [5.74, 6) is 3.70. The van der Waals surface area contributed by atoms with E-state index in [1.54, 1.807) is 0 Å². The summed E-state index contributed by atoms with van der Waals surface area (Å²) in [5, 5.41) is 20.0. The van der Waals surface area contributed by atoms with Gasteiger partial charge in [-0.15, -0.1) is 0 Å². The van der Waals surface area contributed by atoms with Crippen LogP contribution >= 0.6 is 39.1 Å². The first kappa shape index (κ1) is 60.9. The molecule has 8 aromatic carbocycles. The minimum absolute atomic E-state index is 0.00486. The molecule has 2 N–H and O–H groups in total. The highest BCUT2D eigenvalue weighted by atomic mass is 79.9. The van der Waals surface area contributed by atoms with Gasteiger partial charge in [0.05, 0.1) is 0 Å². The van der Waals surface area contributed by atoms with Crippen LogP contribution in [0.1, 0.15) is 105 Å². The molecule has 0 spiro atoms. The average molecular weight is 1190 g/mol. The Labute approximate surface area is 503 Å². The van der Waals surface area contributed by atoms with Gasteiger partial charge in [0.15, 0.2) is 34.9 Å². The highest BCUT2D eigenvalue weighted by Gasteiger charge is 2.25. The Morgan fingerprint density at radius 3 is 0.854 bits per heavy atom. The van der Waals surface area contributed by atoms with Gasteiger partial charge < -0.3 is 10.0 Å². The van der Waals surface area contributed by atoms with Crippen molar-refractivity contribution in [3.05, 3.63) is 231 Å². The Hall–Kier alpha value is -7.18. The molecule has 2 aromatic heterocycles. The number of nitrogens with zero attached hydrogens (tertiary/aromatic N) is 6. The molecule has 82 heavy (non-hydrogen) atoms. The summed E-state index contributed by atoms with van der Waals surface area (Å²) in [6.45, 7) is 26.3. The lowest BCUT2D eigenvalue weighted by atomic mass is 9.72. The second kappa shape index (κ2) is 25.5. The lowest BCUT2D eigenvalue weighted by molar-refractivity contribution is 0.425. The zero-order valence-electron chi connectivity index (χ0n) is 48.8. The molecule has 0 aliphatic rings. The molecule has 0 radical (unpaired) electrons. The number of aromatic nitrogens is 6. The van der Waals surface area contributed by atoms with E-state index >= 15 is 0 Å². The molecule has 0 saturated carbocycles. The van der Waals surface area contributed by atoms with Gasteiger partial charge in [0.2, 0.25) is 0 Å². The third kappa shape index (κ3) is 16.1. The molecule has 10 rings (SSSR count). The summed E-state index contributed by atoms with van der Waals surface area (Å²) in [7, 11) is -1.40. The van der Waals surface area contributed by atoms with Crippen LogP contribution in [-0.4, -0.2) is 47.1 Å². The number of halogens is 3. The lowest BCUT2D eigenvalue weighted by Crippen LogP contribution is -2.33. The number of hydrogen-bond donors (Lipinski definition) is 2. The van der Waals surface area contributed by atoms with Crippen LogP contribution in [0.4, 0.5) is 0 Å². The van der Waals surface area contributed by atoms with Crippen molar-refractivity contribution >= 4 is 51.7 Å². The molecule has 12 heteroatoms. The maximum atomic E-state index is 9.36. The first-order valence-electron chi connectivity index (χ1n) is 27.4. The van der Waals surface area contributed by atoms with Crippen molar-refractivity contribution in [2.24, 2.45) is 0 Å². The van der Waals surface area contributed by atoms with E-state index in [1.165, 1.54) is 11.1 Å². The number of benzene rings is 8. The molecule has 0 fully saturated rings. The van der Waals surface area contributed by atoms with Gasteiger partial charge >= 0.3 is 7.12 Å². The Bertz CT molecular complexity index is 3600. The molecule has 0 aliphatic heterocycles. The van der Waals surface area contributed by atoms with Crippen LogP contribution in [-0.2, 0) is 21.7 Å². The van der Waals surface area contributed by atoms with Crippen molar-refractivity contribution < 1.29 is 10.0 Å². The van der Waals surface area contributed by atoms with Gasteiger partial charge in [-0.3, -0.25) is 0 Å². The van der Waals surface area contributed by atoms with Gasteiger partial charge in [0.1, 0.15) is 0 Å². The van der Waals surface area contributed by atoms with E-state index in [0.29, 0.717) is 50.5 Å². The molecule has 0 atom stereocenters. The van der Waals surface area contributed by atoms with Crippen molar-refractivity contribution in [1.82, 2.24) is 29.9 Å². The van der Waals surface area contributed by atoms with E-state index < -0.39 is 7.12 Å². The Morgan fingerprint density at radius 2 is 0.561 bits per heavy atom. The van der Waals surface area contributed by atoms with Crippen molar-refractivity contribution in [2.75, 3.05) is 0 Å². The molecule has 2 heterocycles. The number of hydrogen-bond acceptors (Lipinski definition) is 8. The highest BCUT2D eigenvalue weighted by molar-refractivity contribution is 9.10. The fraction of sp³-hybridized carbons (Fsp3) is 0.229. The molecule has 0 bridgehead atoms. The predicted molar refractivity (Wildman–Crippen MR) is 346 cm³/mol. The van der Waals surface area contributed by atoms with Gasteiger partial charge in [0.25, 0.3) is 0 Å². The van der Waals surface area contributed by atoms with Crippen LogP contribution in [0, 0.1) is 0 Å². The largest absolute Gasteiger partial charge is 0.488 e. The minimum atomic E-state index is -1.40. The predicted octanol–water partition coefficient (Wildman–Crippen LogP) is 18.0. The van der Waals surface area contributed by atoms with Crippen molar-refractivity contribution in [2.45, 2.75) is 105 Å². The SMILES string of the molecule is CC(C)(C)c1cc(-c2cc(Cl)cc(-c3nc(-c4ccccc4)nc(-c4ccccc4)n3)c2)cc(C(C)(C)C)c1.CC(C)(C)c1cc(B(O)O)cc(C(C)(C)C)c1.Clc1cc(Br)cc(-c2nc(-c3ccccc3)nc(-c3ccccc3)n2)c1. The van der Waals surface area contributed by atoms with Crippen molar-refractivity contribution in [3.63, 3.8) is 0 Å². The van der Waals surface area contributed by atoms with Crippen LogP contribution in [0.25, 0.3) is 79.5 Å². The molecule has 0 amide bonds. The topological polar surface area (TPSA) is 118 Å². The molecule has 0 aliphatic carbocycles. The Kier molecular flexibility index (Phi) is 19.0. The van der Waals surface area contributed by atoms with E-state index in [0.717, 1.165) is 60.1 Å². The first-order chi connectivity index (χ1) is 38.7. The maximum Gasteiger partial charge on any atom is 0.488 e. The fourth-order valence-corrected chi connectivity index (χ4v) is 9.87. The summed E-state index contributed by atoms with van der Waals surface area (Å²) >= 11 is 16.4. The second-order valence-corrected chi connectivity index (χ2v) is 26.3. The summed E-state index contributed by atoms with van der Waals surface area (Å²) in [4.78, 5) is 28.7. The van der Waals surface area contributed by atoms with Gasteiger partial charge in [-0.1, -0.05) is 280 Å². The second-order valence-electron chi connectivity index (χ2n) is 24.5. The molecular weight excluding hydrogens is 1120 g/mol. The third-order valence-electron chi connectivity index (χ3n) is 13.7. The third-order valence-corrected chi connectivity index (χ3v) is 14.6. The van der Waals surface area contributed by atoms with E-state index in [2.05, 4.69) is 144 Å². The van der Waals surface area contributed by atoms with Crippen LogP contribution in [0.15, 0.2) is 199 Å². The molecule has 0 unspecified atom stereocenters. The minimum Gasteiger partial charge on any atom is -0.423 e. The van der Waals surface area contributed by atoms with Crippen LogP contribution in [0.2, 0.25) is 10.0 Å².